The molecule has 0 aromatic heterocycles. The normalized spacial score (nSPS) is 34.7. The molecule has 2 saturated carbocycles. The number of hydrogen-bond donors (Lipinski definition) is 0. The van der Waals surface area contributed by atoms with Gasteiger partial charge in [0.15, 0.2) is 0 Å². The van der Waals surface area contributed by atoms with Crippen molar-refractivity contribution in [2.45, 2.75) is 38.3 Å². The summed E-state index contributed by atoms with van der Waals surface area (Å²) in [4.78, 5) is 5.43. The van der Waals surface area contributed by atoms with Crippen molar-refractivity contribution in [1.82, 2.24) is 9.80 Å². The largest absolute Gasteiger partial charge is 0.298 e. The lowest BCUT2D eigenvalue weighted by atomic mass is 9.93. The third kappa shape index (κ3) is 2.51. The first kappa shape index (κ1) is 12.8. The zero-order valence-electron chi connectivity index (χ0n) is 12.4. The van der Waals surface area contributed by atoms with Gasteiger partial charge in [-0.05, 0) is 36.7 Å². The van der Waals surface area contributed by atoms with Gasteiger partial charge in [0.2, 0.25) is 0 Å². The van der Waals surface area contributed by atoms with E-state index in [1.54, 1.807) is 0 Å². The van der Waals surface area contributed by atoms with Gasteiger partial charge < -0.3 is 0 Å². The molecule has 1 aromatic carbocycles. The number of nitrogens with zero attached hydrogens (tertiary/aromatic N) is 2. The molecule has 2 nitrogen and oxygen atoms in total. The zero-order valence-corrected chi connectivity index (χ0v) is 12.4. The van der Waals surface area contributed by atoms with Gasteiger partial charge in [-0.15, -0.1) is 0 Å². The van der Waals surface area contributed by atoms with Crippen LogP contribution in [0.4, 0.5) is 0 Å². The van der Waals surface area contributed by atoms with Crippen LogP contribution in [0.5, 0.6) is 0 Å². The predicted molar refractivity (Wildman–Crippen MR) is 82.5 cm³/mol. The molecular formula is C18H26N2. The zero-order chi connectivity index (χ0) is 13.4. The molecule has 2 heteroatoms. The summed E-state index contributed by atoms with van der Waals surface area (Å²) in [7, 11) is 0. The summed E-state index contributed by atoms with van der Waals surface area (Å²) in [5.41, 5.74) is 1.46. The van der Waals surface area contributed by atoms with Crippen LogP contribution in [0.2, 0.25) is 0 Å². The van der Waals surface area contributed by atoms with E-state index in [1.807, 2.05) is 0 Å². The number of fused-ring (bicyclic) bond motifs is 2. The van der Waals surface area contributed by atoms with Gasteiger partial charge >= 0.3 is 0 Å². The highest BCUT2D eigenvalue weighted by Crippen LogP contribution is 2.46. The molecule has 1 saturated heterocycles. The van der Waals surface area contributed by atoms with E-state index in [-0.39, 0.29) is 0 Å². The van der Waals surface area contributed by atoms with Gasteiger partial charge in [0.1, 0.15) is 0 Å². The standard InChI is InChI=1S/C18H26N2/c1-2-4-15(5-3-1)14-19-8-10-20(11-9-19)18-13-16-6-7-17(18)12-16/h1-5,16-18H,6-14H2/t16-,17+,18-/m0/s1. The Hall–Kier alpha value is -0.860. The van der Waals surface area contributed by atoms with Gasteiger partial charge in [-0.1, -0.05) is 36.8 Å². The van der Waals surface area contributed by atoms with Crippen LogP contribution in [0.3, 0.4) is 0 Å². The molecule has 0 radical (unpaired) electrons. The Morgan fingerprint density at radius 2 is 1.70 bits per heavy atom. The molecule has 1 aromatic rings. The Bertz CT molecular complexity index is 436. The summed E-state index contributed by atoms with van der Waals surface area (Å²) in [6.07, 6.45) is 6.08. The second kappa shape index (κ2) is 5.50. The molecular weight excluding hydrogens is 244 g/mol. The molecule has 3 atom stereocenters. The second-order valence-electron chi connectivity index (χ2n) is 7.04. The van der Waals surface area contributed by atoms with E-state index >= 15 is 0 Å². The molecule has 2 aliphatic carbocycles. The molecule has 1 aliphatic heterocycles. The Morgan fingerprint density at radius 3 is 2.35 bits per heavy atom. The van der Waals surface area contributed by atoms with Crippen LogP contribution in [-0.2, 0) is 6.54 Å². The third-order valence-electron chi connectivity index (χ3n) is 5.83. The molecule has 1 heterocycles. The fraction of sp³-hybridized carbons (Fsp3) is 0.667. The lowest BCUT2D eigenvalue weighted by molar-refractivity contribution is 0.0680. The number of benzene rings is 1. The molecule has 108 valence electrons. The van der Waals surface area contributed by atoms with Crippen LogP contribution >= 0.6 is 0 Å². The first-order valence-corrected chi connectivity index (χ1v) is 8.39. The Kier molecular flexibility index (Phi) is 3.53. The molecule has 3 fully saturated rings. The monoisotopic (exact) mass is 270 g/mol. The van der Waals surface area contributed by atoms with Crippen LogP contribution in [-0.4, -0.2) is 42.0 Å². The van der Waals surface area contributed by atoms with Gasteiger partial charge in [0.25, 0.3) is 0 Å². The maximum Gasteiger partial charge on any atom is 0.0234 e. The van der Waals surface area contributed by atoms with Crippen molar-refractivity contribution in [1.29, 1.82) is 0 Å². The molecule has 20 heavy (non-hydrogen) atoms. The fourth-order valence-electron chi connectivity index (χ4n) is 4.75. The second-order valence-corrected chi connectivity index (χ2v) is 7.04. The maximum atomic E-state index is 2.81. The molecule has 0 N–H and O–H groups in total. The van der Waals surface area contributed by atoms with Crippen molar-refractivity contribution in [3.8, 4) is 0 Å². The van der Waals surface area contributed by atoms with E-state index in [0.29, 0.717) is 0 Å². The topological polar surface area (TPSA) is 6.48 Å². The van der Waals surface area contributed by atoms with Crippen molar-refractivity contribution in [2.24, 2.45) is 11.8 Å². The van der Waals surface area contributed by atoms with E-state index in [9.17, 15) is 0 Å². The van der Waals surface area contributed by atoms with E-state index in [2.05, 4.69) is 40.1 Å². The Morgan fingerprint density at radius 1 is 0.900 bits per heavy atom. The molecule has 0 amide bonds. The summed E-state index contributed by atoms with van der Waals surface area (Å²) in [5.74, 6) is 2.12. The lowest BCUT2D eigenvalue weighted by Gasteiger charge is -2.41. The third-order valence-corrected chi connectivity index (χ3v) is 5.83. The van der Waals surface area contributed by atoms with Gasteiger partial charge in [0.05, 0.1) is 0 Å². The Labute approximate surface area is 122 Å². The summed E-state index contributed by atoms with van der Waals surface area (Å²) < 4.78 is 0. The summed E-state index contributed by atoms with van der Waals surface area (Å²) in [6, 6.07) is 11.9. The van der Waals surface area contributed by atoms with Crippen LogP contribution in [0, 0.1) is 11.8 Å². The molecule has 2 bridgehead atoms. The van der Waals surface area contributed by atoms with Crippen molar-refractivity contribution >= 4 is 0 Å². The highest BCUT2D eigenvalue weighted by Gasteiger charge is 2.42. The maximum absolute atomic E-state index is 2.81. The van der Waals surface area contributed by atoms with Crippen molar-refractivity contribution in [3.63, 3.8) is 0 Å². The first-order chi connectivity index (χ1) is 9.88. The van der Waals surface area contributed by atoms with Crippen LogP contribution in [0.25, 0.3) is 0 Å². The fourth-order valence-corrected chi connectivity index (χ4v) is 4.75. The van der Waals surface area contributed by atoms with Gasteiger partial charge in [-0.3, -0.25) is 9.80 Å². The minimum Gasteiger partial charge on any atom is -0.298 e. The minimum absolute atomic E-state index is 0.938. The smallest absolute Gasteiger partial charge is 0.0234 e. The summed E-state index contributed by atoms with van der Waals surface area (Å²) in [6.45, 7) is 6.22. The van der Waals surface area contributed by atoms with Crippen LogP contribution < -0.4 is 0 Å². The molecule has 0 unspecified atom stereocenters. The molecule has 3 aliphatic rings. The SMILES string of the molecule is c1ccc(CN2CCN([C@H]3C[C@H]4CC[C@@H]3C4)CC2)cc1. The molecule has 0 spiro atoms. The van der Waals surface area contributed by atoms with Crippen molar-refractivity contribution in [2.75, 3.05) is 26.2 Å². The van der Waals surface area contributed by atoms with E-state index in [1.165, 1.54) is 57.4 Å². The highest BCUT2D eigenvalue weighted by molar-refractivity contribution is 5.14. The van der Waals surface area contributed by atoms with E-state index < -0.39 is 0 Å². The number of piperazine rings is 1. The lowest BCUT2D eigenvalue weighted by Crippen LogP contribution is -2.51. The van der Waals surface area contributed by atoms with E-state index in [0.717, 1.165) is 24.4 Å². The van der Waals surface area contributed by atoms with Crippen molar-refractivity contribution < 1.29 is 0 Å². The quantitative estimate of drug-likeness (QED) is 0.833. The Balaban J connectivity index is 1.30. The van der Waals surface area contributed by atoms with Crippen LogP contribution in [0.1, 0.15) is 31.2 Å². The molecule has 4 rings (SSSR count). The van der Waals surface area contributed by atoms with Crippen LogP contribution in [0.15, 0.2) is 30.3 Å². The van der Waals surface area contributed by atoms with Gasteiger partial charge in [-0.2, -0.15) is 0 Å². The summed E-state index contributed by atoms with van der Waals surface area (Å²) >= 11 is 0. The van der Waals surface area contributed by atoms with E-state index in [4.69, 9.17) is 0 Å². The first-order valence-electron chi connectivity index (χ1n) is 8.39. The average molecular weight is 270 g/mol. The highest BCUT2D eigenvalue weighted by atomic mass is 15.3. The minimum atomic E-state index is 0.938. The average Bonchev–Trinajstić information content (AvgIpc) is 3.12. The van der Waals surface area contributed by atoms with Crippen molar-refractivity contribution in [3.05, 3.63) is 35.9 Å². The number of hydrogen-bond acceptors (Lipinski definition) is 2. The summed E-state index contributed by atoms with van der Waals surface area (Å²) in [5, 5.41) is 0. The predicted octanol–water partition coefficient (Wildman–Crippen LogP) is 2.99. The number of rotatable bonds is 3. The van der Waals surface area contributed by atoms with Gasteiger partial charge in [-0.25, -0.2) is 0 Å². The van der Waals surface area contributed by atoms with Gasteiger partial charge in [0, 0.05) is 38.8 Å².